The molecule has 0 amide bonds. The van der Waals surface area contributed by atoms with E-state index in [1.165, 1.54) is 0 Å². The quantitative estimate of drug-likeness (QED) is 0.841. The summed E-state index contributed by atoms with van der Waals surface area (Å²) in [5, 5.41) is 0.606. The predicted molar refractivity (Wildman–Crippen MR) is 64.4 cm³/mol. The Kier molecular flexibility index (Phi) is 3.63. The van der Waals surface area contributed by atoms with Crippen LogP contribution in [0.4, 0.5) is 0 Å². The molecule has 0 spiro atoms. The van der Waals surface area contributed by atoms with Crippen LogP contribution >= 0.6 is 11.6 Å². The molecule has 0 saturated carbocycles. The molecule has 0 aliphatic carbocycles. The van der Waals surface area contributed by atoms with Crippen LogP contribution in [0.2, 0.25) is 5.02 Å². The first-order valence-electron chi connectivity index (χ1n) is 4.95. The number of hydrogen-bond acceptors (Lipinski definition) is 2. The predicted octanol–water partition coefficient (Wildman–Crippen LogP) is 3.39. The Hall–Kier alpha value is -0.730. The van der Waals surface area contributed by atoms with E-state index in [0.29, 0.717) is 10.8 Å². The van der Waals surface area contributed by atoms with Gasteiger partial charge < -0.3 is 10.5 Å². The van der Waals surface area contributed by atoms with Crippen molar-refractivity contribution in [3.8, 4) is 5.75 Å². The van der Waals surface area contributed by atoms with Gasteiger partial charge in [0.15, 0.2) is 0 Å². The second-order valence-corrected chi connectivity index (χ2v) is 5.14. The highest BCUT2D eigenvalue weighted by molar-refractivity contribution is 6.32. The lowest BCUT2D eigenvalue weighted by Gasteiger charge is -2.27. The number of hydrogen-bond donors (Lipinski definition) is 1. The van der Waals surface area contributed by atoms with Crippen molar-refractivity contribution < 1.29 is 4.74 Å². The lowest BCUT2D eigenvalue weighted by atomic mass is 9.83. The highest BCUT2D eigenvalue weighted by Gasteiger charge is 2.22. The van der Waals surface area contributed by atoms with Crippen LogP contribution in [0.1, 0.15) is 32.4 Å². The maximum atomic E-state index is 6.13. The van der Waals surface area contributed by atoms with Crippen molar-refractivity contribution >= 4 is 11.6 Å². The Labute approximate surface area is 96.4 Å². The maximum absolute atomic E-state index is 6.13. The SMILES string of the molecule is COc1ccc(C(N)C(C)(C)C)cc1Cl. The molecule has 2 nitrogen and oxygen atoms in total. The van der Waals surface area contributed by atoms with Gasteiger partial charge in [-0.05, 0) is 23.1 Å². The molecule has 2 N–H and O–H groups in total. The van der Waals surface area contributed by atoms with Gasteiger partial charge in [0, 0.05) is 6.04 Å². The number of ether oxygens (including phenoxy) is 1. The molecule has 1 atom stereocenters. The monoisotopic (exact) mass is 227 g/mol. The lowest BCUT2D eigenvalue weighted by molar-refractivity contribution is 0.326. The number of rotatable bonds is 2. The minimum atomic E-state index is -0.0269. The van der Waals surface area contributed by atoms with Crippen molar-refractivity contribution in [3.63, 3.8) is 0 Å². The normalized spacial score (nSPS) is 13.7. The summed E-state index contributed by atoms with van der Waals surface area (Å²) >= 11 is 6.04. The summed E-state index contributed by atoms with van der Waals surface area (Å²) in [5.41, 5.74) is 7.19. The average Bonchev–Trinajstić information content (AvgIpc) is 2.15. The first-order chi connectivity index (χ1) is 6.86. The lowest BCUT2D eigenvalue weighted by Crippen LogP contribution is -2.26. The summed E-state index contributed by atoms with van der Waals surface area (Å²) in [7, 11) is 1.60. The van der Waals surface area contributed by atoms with Gasteiger partial charge in [-0.2, -0.15) is 0 Å². The smallest absolute Gasteiger partial charge is 0.137 e. The average molecular weight is 228 g/mol. The third kappa shape index (κ3) is 2.86. The molecule has 1 aromatic rings. The molecule has 0 aliphatic rings. The fourth-order valence-electron chi connectivity index (χ4n) is 1.38. The Morgan fingerprint density at radius 1 is 1.33 bits per heavy atom. The molecule has 1 aromatic carbocycles. The van der Waals surface area contributed by atoms with Crippen molar-refractivity contribution in [2.45, 2.75) is 26.8 Å². The van der Waals surface area contributed by atoms with E-state index < -0.39 is 0 Å². The summed E-state index contributed by atoms with van der Waals surface area (Å²) in [6.07, 6.45) is 0. The minimum Gasteiger partial charge on any atom is -0.495 e. The summed E-state index contributed by atoms with van der Waals surface area (Å²) in [5.74, 6) is 0.682. The molecule has 0 aromatic heterocycles. The largest absolute Gasteiger partial charge is 0.495 e. The van der Waals surface area contributed by atoms with Crippen LogP contribution in [-0.2, 0) is 0 Å². The van der Waals surface area contributed by atoms with Gasteiger partial charge in [0.2, 0.25) is 0 Å². The van der Waals surface area contributed by atoms with E-state index in [9.17, 15) is 0 Å². The second-order valence-electron chi connectivity index (χ2n) is 4.74. The van der Waals surface area contributed by atoms with Gasteiger partial charge in [-0.25, -0.2) is 0 Å². The van der Waals surface area contributed by atoms with Crippen LogP contribution < -0.4 is 10.5 Å². The first kappa shape index (κ1) is 12.3. The number of nitrogens with two attached hydrogens (primary N) is 1. The van der Waals surface area contributed by atoms with Crippen LogP contribution in [0.15, 0.2) is 18.2 Å². The maximum Gasteiger partial charge on any atom is 0.137 e. The molecule has 0 heterocycles. The molecular formula is C12H18ClNO. The van der Waals surface area contributed by atoms with E-state index in [0.717, 1.165) is 5.56 Å². The Morgan fingerprint density at radius 2 is 1.93 bits per heavy atom. The molecule has 0 radical (unpaired) electrons. The van der Waals surface area contributed by atoms with Crippen LogP contribution in [0.5, 0.6) is 5.75 Å². The molecule has 0 aliphatic heterocycles. The summed E-state index contributed by atoms with van der Waals surface area (Å²) in [4.78, 5) is 0. The van der Waals surface area contributed by atoms with E-state index in [1.807, 2.05) is 18.2 Å². The molecule has 1 unspecified atom stereocenters. The minimum absolute atomic E-state index is 0.0257. The van der Waals surface area contributed by atoms with Crippen molar-refractivity contribution in [1.29, 1.82) is 0 Å². The Balaban J connectivity index is 3.02. The molecule has 3 heteroatoms. The molecule has 84 valence electrons. The summed E-state index contributed by atoms with van der Waals surface area (Å²) < 4.78 is 5.09. The van der Waals surface area contributed by atoms with E-state index >= 15 is 0 Å². The van der Waals surface area contributed by atoms with Gasteiger partial charge in [-0.1, -0.05) is 38.4 Å². The zero-order chi connectivity index (χ0) is 11.6. The first-order valence-corrected chi connectivity index (χ1v) is 5.33. The molecule has 0 bridgehead atoms. The fraction of sp³-hybridized carbons (Fsp3) is 0.500. The number of halogens is 1. The molecule has 0 fully saturated rings. The second kappa shape index (κ2) is 4.42. The van der Waals surface area contributed by atoms with Crippen molar-refractivity contribution in [3.05, 3.63) is 28.8 Å². The van der Waals surface area contributed by atoms with Crippen LogP contribution in [0.25, 0.3) is 0 Å². The van der Waals surface area contributed by atoms with Gasteiger partial charge in [0.25, 0.3) is 0 Å². The molecule has 1 rings (SSSR count). The van der Waals surface area contributed by atoms with E-state index in [1.54, 1.807) is 7.11 Å². The fourth-order valence-corrected chi connectivity index (χ4v) is 1.64. The molecule has 0 saturated heterocycles. The topological polar surface area (TPSA) is 35.2 Å². The molecular weight excluding hydrogens is 210 g/mol. The Morgan fingerprint density at radius 3 is 2.33 bits per heavy atom. The van der Waals surface area contributed by atoms with E-state index in [2.05, 4.69) is 20.8 Å². The van der Waals surface area contributed by atoms with E-state index in [4.69, 9.17) is 22.1 Å². The van der Waals surface area contributed by atoms with Crippen molar-refractivity contribution in [1.82, 2.24) is 0 Å². The van der Waals surface area contributed by atoms with Gasteiger partial charge in [-0.15, -0.1) is 0 Å². The van der Waals surface area contributed by atoms with Crippen LogP contribution in [0.3, 0.4) is 0 Å². The third-order valence-electron chi connectivity index (χ3n) is 2.47. The van der Waals surface area contributed by atoms with Crippen LogP contribution in [0, 0.1) is 5.41 Å². The molecule has 15 heavy (non-hydrogen) atoms. The van der Waals surface area contributed by atoms with E-state index in [-0.39, 0.29) is 11.5 Å². The van der Waals surface area contributed by atoms with Crippen molar-refractivity contribution in [2.75, 3.05) is 7.11 Å². The highest BCUT2D eigenvalue weighted by Crippen LogP contribution is 2.34. The number of benzene rings is 1. The van der Waals surface area contributed by atoms with Gasteiger partial charge in [0.05, 0.1) is 12.1 Å². The van der Waals surface area contributed by atoms with Crippen molar-refractivity contribution in [2.24, 2.45) is 11.1 Å². The van der Waals surface area contributed by atoms with Gasteiger partial charge in [0.1, 0.15) is 5.75 Å². The third-order valence-corrected chi connectivity index (χ3v) is 2.76. The zero-order valence-electron chi connectivity index (χ0n) is 9.67. The standard InChI is InChI=1S/C12H18ClNO/c1-12(2,3)11(14)8-5-6-10(15-4)9(13)7-8/h5-7,11H,14H2,1-4H3. The zero-order valence-corrected chi connectivity index (χ0v) is 10.4. The van der Waals surface area contributed by atoms with Gasteiger partial charge in [-0.3, -0.25) is 0 Å². The number of methoxy groups -OCH3 is 1. The highest BCUT2D eigenvalue weighted by atomic mass is 35.5. The summed E-state index contributed by atoms with van der Waals surface area (Å²) in [6.45, 7) is 6.32. The van der Waals surface area contributed by atoms with Crippen LogP contribution in [-0.4, -0.2) is 7.11 Å². The van der Waals surface area contributed by atoms with Gasteiger partial charge >= 0.3 is 0 Å². The Bertz CT molecular complexity index is 344. The summed E-state index contributed by atoms with van der Waals surface area (Å²) in [6, 6.07) is 5.65.